The van der Waals surface area contributed by atoms with Crippen LogP contribution in [0, 0.1) is 26.0 Å². The van der Waals surface area contributed by atoms with E-state index in [0.29, 0.717) is 4.47 Å². The summed E-state index contributed by atoms with van der Waals surface area (Å²) in [5, 5.41) is 21.8. The largest absolute Gasteiger partial charge is 0.443 e. The molecule has 0 bridgehead atoms. The summed E-state index contributed by atoms with van der Waals surface area (Å²) in [7, 11) is 0. The molecule has 0 saturated heterocycles. The number of nitrogens with zero attached hydrogens (tertiary/aromatic N) is 2. The van der Waals surface area contributed by atoms with Crippen molar-refractivity contribution in [2.45, 2.75) is 0 Å². The Balaban J connectivity index is 2.50. The van der Waals surface area contributed by atoms with E-state index in [2.05, 4.69) is 15.9 Å². The lowest BCUT2D eigenvalue weighted by atomic mass is 10.2. The van der Waals surface area contributed by atoms with Crippen molar-refractivity contribution in [3.63, 3.8) is 0 Å². The van der Waals surface area contributed by atoms with Crippen molar-refractivity contribution >= 4 is 27.3 Å². The average Bonchev–Trinajstić information content (AvgIpc) is 2.40. The van der Waals surface area contributed by atoms with Crippen molar-refractivity contribution in [3.05, 3.63) is 66.9 Å². The molecule has 0 fully saturated rings. The third kappa shape index (κ3) is 3.31. The standard InChI is InChI=1S/C12H6BrFN2O5/c13-7-1-4-11(10(5-7)16(19)20)21-12-6-8(14)2-3-9(12)15(17)18/h1-6H. The van der Waals surface area contributed by atoms with E-state index in [1.807, 2.05) is 0 Å². The van der Waals surface area contributed by atoms with Crippen LogP contribution in [0.1, 0.15) is 0 Å². The van der Waals surface area contributed by atoms with Gasteiger partial charge in [-0.2, -0.15) is 0 Å². The van der Waals surface area contributed by atoms with E-state index in [9.17, 15) is 24.6 Å². The molecule has 0 unspecified atom stereocenters. The summed E-state index contributed by atoms with van der Waals surface area (Å²) < 4.78 is 18.8. The first-order chi connectivity index (χ1) is 9.88. The van der Waals surface area contributed by atoms with E-state index < -0.39 is 32.8 Å². The van der Waals surface area contributed by atoms with Crippen LogP contribution in [0.4, 0.5) is 15.8 Å². The summed E-state index contributed by atoms with van der Waals surface area (Å²) >= 11 is 3.07. The second-order valence-corrected chi connectivity index (χ2v) is 4.76. The van der Waals surface area contributed by atoms with Crippen LogP contribution in [-0.2, 0) is 0 Å². The highest BCUT2D eigenvalue weighted by molar-refractivity contribution is 9.10. The monoisotopic (exact) mass is 356 g/mol. The second-order valence-electron chi connectivity index (χ2n) is 3.84. The molecule has 2 aromatic rings. The Morgan fingerprint density at radius 3 is 2.24 bits per heavy atom. The fraction of sp³-hybridized carbons (Fsp3) is 0. The number of nitro benzene ring substituents is 2. The number of benzene rings is 2. The fourth-order valence-electron chi connectivity index (χ4n) is 1.56. The lowest BCUT2D eigenvalue weighted by Gasteiger charge is -2.07. The zero-order valence-corrected chi connectivity index (χ0v) is 11.7. The first-order valence-corrected chi connectivity index (χ1v) is 6.23. The van der Waals surface area contributed by atoms with E-state index in [-0.39, 0.29) is 5.75 Å². The first-order valence-electron chi connectivity index (χ1n) is 5.44. The highest BCUT2D eigenvalue weighted by Crippen LogP contribution is 2.37. The number of rotatable bonds is 4. The van der Waals surface area contributed by atoms with E-state index >= 15 is 0 Å². The molecular formula is C12H6BrFN2O5. The van der Waals surface area contributed by atoms with Gasteiger partial charge in [0.25, 0.3) is 0 Å². The minimum Gasteiger partial charge on any atom is -0.443 e. The van der Waals surface area contributed by atoms with Crippen LogP contribution in [0.15, 0.2) is 40.9 Å². The molecule has 2 rings (SSSR count). The van der Waals surface area contributed by atoms with Crippen LogP contribution in [0.25, 0.3) is 0 Å². The Morgan fingerprint density at radius 1 is 0.952 bits per heavy atom. The quantitative estimate of drug-likeness (QED) is 0.604. The molecule has 9 heteroatoms. The van der Waals surface area contributed by atoms with Gasteiger partial charge in [-0.3, -0.25) is 20.2 Å². The van der Waals surface area contributed by atoms with Crippen molar-refractivity contribution in [2.75, 3.05) is 0 Å². The van der Waals surface area contributed by atoms with Crippen molar-refractivity contribution in [3.8, 4) is 11.5 Å². The molecule has 0 spiro atoms. The summed E-state index contributed by atoms with van der Waals surface area (Å²) in [6, 6.07) is 6.53. The molecule has 0 aromatic heterocycles. The Hall–Kier alpha value is -2.55. The zero-order chi connectivity index (χ0) is 15.6. The topological polar surface area (TPSA) is 95.5 Å². The van der Waals surface area contributed by atoms with Gasteiger partial charge in [-0.25, -0.2) is 4.39 Å². The molecule has 0 saturated carbocycles. The van der Waals surface area contributed by atoms with Gasteiger partial charge in [-0.05, 0) is 18.2 Å². The molecule has 0 radical (unpaired) electrons. The minimum absolute atomic E-state index is 0.225. The van der Waals surface area contributed by atoms with Gasteiger partial charge in [-0.15, -0.1) is 0 Å². The van der Waals surface area contributed by atoms with Crippen molar-refractivity contribution < 1.29 is 19.0 Å². The summed E-state index contributed by atoms with van der Waals surface area (Å²) in [5.41, 5.74) is -0.892. The maximum absolute atomic E-state index is 13.2. The van der Waals surface area contributed by atoms with Gasteiger partial charge in [0.1, 0.15) is 5.82 Å². The summed E-state index contributed by atoms with van der Waals surface area (Å²) in [4.78, 5) is 20.3. The highest BCUT2D eigenvalue weighted by Gasteiger charge is 2.21. The molecule has 0 heterocycles. The van der Waals surface area contributed by atoms with E-state index in [4.69, 9.17) is 4.74 Å². The molecule has 0 amide bonds. The van der Waals surface area contributed by atoms with Gasteiger partial charge < -0.3 is 4.74 Å². The predicted octanol–water partition coefficient (Wildman–Crippen LogP) is 4.20. The molecule has 108 valence electrons. The zero-order valence-electron chi connectivity index (χ0n) is 10.2. The van der Waals surface area contributed by atoms with Gasteiger partial charge in [0.05, 0.1) is 9.85 Å². The third-order valence-corrected chi connectivity index (χ3v) is 2.95. The normalized spacial score (nSPS) is 10.2. The van der Waals surface area contributed by atoms with E-state index in [0.717, 1.165) is 18.2 Å². The maximum atomic E-state index is 13.2. The molecule has 0 N–H and O–H groups in total. The Kier molecular flexibility index (Phi) is 4.13. The predicted molar refractivity (Wildman–Crippen MR) is 73.9 cm³/mol. The van der Waals surface area contributed by atoms with Crippen molar-refractivity contribution in [2.24, 2.45) is 0 Å². The molecule has 0 atom stereocenters. The smallest absolute Gasteiger partial charge is 0.312 e. The van der Waals surface area contributed by atoms with Crippen LogP contribution in [-0.4, -0.2) is 9.85 Å². The van der Waals surface area contributed by atoms with Gasteiger partial charge in [0, 0.05) is 22.7 Å². The molecule has 0 aliphatic rings. The van der Waals surface area contributed by atoms with E-state index in [1.165, 1.54) is 18.2 Å². The van der Waals surface area contributed by atoms with Gasteiger partial charge in [-0.1, -0.05) is 15.9 Å². The van der Waals surface area contributed by atoms with Crippen LogP contribution < -0.4 is 4.74 Å². The van der Waals surface area contributed by atoms with Crippen LogP contribution in [0.2, 0.25) is 0 Å². The van der Waals surface area contributed by atoms with Gasteiger partial charge >= 0.3 is 11.4 Å². The van der Waals surface area contributed by atoms with Gasteiger partial charge in [0.15, 0.2) is 0 Å². The number of ether oxygens (including phenoxy) is 1. The highest BCUT2D eigenvalue weighted by atomic mass is 79.9. The lowest BCUT2D eigenvalue weighted by Crippen LogP contribution is -1.97. The second kappa shape index (κ2) is 5.83. The number of hydrogen-bond donors (Lipinski definition) is 0. The lowest BCUT2D eigenvalue weighted by molar-refractivity contribution is -0.387. The molecular weight excluding hydrogens is 351 g/mol. The molecule has 2 aromatic carbocycles. The van der Waals surface area contributed by atoms with Gasteiger partial charge in [0.2, 0.25) is 11.5 Å². The van der Waals surface area contributed by atoms with E-state index in [1.54, 1.807) is 0 Å². The fourth-order valence-corrected chi connectivity index (χ4v) is 1.91. The van der Waals surface area contributed by atoms with Crippen LogP contribution in [0.3, 0.4) is 0 Å². The van der Waals surface area contributed by atoms with Crippen molar-refractivity contribution in [1.82, 2.24) is 0 Å². The third-order valence-electron chi connectivity index (χ3n) is 2.46. The summed E-state index contributed by atoms with van der Waals surface area (Å²) in [5.74, 6) is -1.39. The minimum atomic E-state index is -0.764. The molecule has 0 aliphatic carbocycles. The summed E-state index contributed by atoms with van der Waals surface area (Å²) in [6.07, 6.45) is 0. The molecule has 7 nitrogen and oxygen atoms in total. The number of halogens is 2. The molecule has 0 aliphatic heterocycles. The Labute approximate surface area is 125 Å². The number of hydrogen-bond acceptors (Lipinski definition) is 5. The average molecular weight is 357 g/mol. The first kappa shape index (κ1) is 14.9. The van der Waals surface area contributed by atoms with Crippen LogP contribution in [0.5, 0.6) is 11.5 Å². The SMILES string of the molecule is O=[N+]([O-])c1ccc(F)cc1Oc1ccc(Br)cc1[N+](=O)[O-]. The summed E-state index contributed by atoms with van der Waals surface area (Å²) in [6.45, 7) is 0. The number of nitro groups is 2. The Bertz CT molecular complexity index is 738. The maximum Gasteiger partial charge on any atom is 0.312 e. The Morgan fingerprint density at radius 2 is 1.62 bits per heavy atom. The van der Waals surface area contributed by atoms with Crippen molar-refractivity contribution in [1.29, 1.82) is 0 Å². The molecule has 21 heavy (non-hydrogen) atoms. The van der Waals surface area contributed by atoms with Crippen LogP contribution >= 0.6 is 15.9 Å².